The maximum atomic E-state index is 4.50. The summed E-state index contributed by atoms with van der Waals surface area (Å²) in [6.07, 6.45) is 1.83. The molecule has 0 spiro atoms. The average molecular weight is 283 g/mol. The van der Waals surface area contributed by atoms with E-state index >= 15 is 0 Å². The Bertz CT molecular complexity index is 743. The second-order valence-electron chi connectivity index (χ2n) is 4.92. The average Bonchev–Trinajstić information content (AvgIpc) is 2.78. The van der Waals surface area contributed by atoms with E-state index in [1.165, 1.54) is 4.88 Å². The van der Waals surface area contributed by atoms with Gasteiger partial charge in [-0.05, 0) is 45.0 Å². The number of aromatic nitrogens is 2. The first-order valence-electron chi connectivity index (χ1n) is 6.69. The van der Waals surface area contributed by atoms with Gasteiger partial charge in [0, 0.05) is 22.1 Å². The van der Waals surface area contributed by atoms with Gasteiger partial charge < -0.3 is 5.32 Å². The molecule has 1 N–H and O–H groups in total. The van der Waals surface area contributed by atoms with Crippen LogP contribution in [0.1, 0.15) is 28.5 Å². The fourth-order valence-electron chi connectivity index (χ4n) is 2.48. The van der Waals surface area contributed by atoms with E-state index in [-0.39, 0.29) is 6.04 Å². The van der Waals surface area contributed by atoms with E-state index in [1.54, 1.807) is 11.3 Å². The van der Waals surface area contributed by atoms with Gasteiger partial charge in [0.25, 0.3) is 0 Å². The Morgan fingerprint density at radius 2 is 2.00 bits per heavy atom. The van der Waals surface area contributed by atoms with Crippen LogP contribution in [0.3, 0.4) is 0 Å². The lowest BCUT2D eigenvalue weighted by Crippen LogP contribution is -2.06. The van der Waals surface area contributed by atoms with Gasteiger partial charge in [-0.3, -0.25) is 4.98 Å². The zero-order valence-electron chi connectivity index (χ0n) is 11.8. The minimum absolute atomic E-state index is 0.243. The van der Waals surface area contributed by atoms with Crippen molar-refractivity contribution in [2.75, 3.05) is 5.32 Å². The third kappa shape index (κ3) is 2.39. The number of aryl methyl sites for hydroxylation is 2. The van der Waals surface area contributed by atoms with Gasteiger partial charge in [-0.1, -0.05) is 6.07 Å². The summed E-state index contributed by atoms with van der Waals surface area (Å²) in [5.74, 6) is 0. The Labute approximate surface area is 122 Å². The van der Waals surface area contributed by atoms with Gasteiger partial charge in [-0.25, -0.2) is 4.98 Å². The van der Waals surface area contributed by atoms with Crippen LogP contribution in [-0.4, -0.2) is 9.97 Å². The van der Waals surface area contributed by atoms with Crippen LogP contribution in [0.5, 0.6) is 0 Å². The first-order valence-corrected chi connectivity index (χ1v) is 7.51. The number of rotatable bonds is 3. The van der Waals surface area contributed by atoms with Gasteiger partial charge in [0.15, 0.2) is 0 Å². The Morgan fingerprint density at radius 3 is 2.75 bits per heavy atom. The molecular formula is C16H17N3S. The Hall–Kier alpha value is -1.94. The van der Waals surface area contributed by atoms with Crippen LogP contribution in [0.4, 0.5) is 5.69 Å². The van der Waals surface area contributed by atoms with Crippen molar-refractivity contribution >= 4 is 27.9 Å². The number of hydrogen-bond acceptors (Lipinski definition) is 4. The molecule has 0 saturated heterocycles. The standard InChI is InChI=1S/C16H17N3S/c1-10-16(20-12(3)18-10)11(2)19-15-8-4-7-14-13(15)6-5-9-17-14/h4-9,11,19H,1-3H3. The molecule has 20 heavy (non-hydrogen) atoms. The van der Waals surface area contributed by atoms with Crippen LogP contribution in [-0.2, 0) is 0 Å². The van der Waals surface area contributed by atoms with Crippen molar-refractivity contribution in [2.24, 2.45) is 0 Å². The Kier molecular flexibility index (Phi) is 3.40. The van der Waals surface area contributed by atoms with E-state index in [9.17, 15) is 0 Å². The number of thiazole rings is 1. The van der Waals surface area contributed by atoms with E-state index in [4.69, 9.17) is 0 Å². The fraction of sp³-hybridized carbons (Fsp3) is 0.250. The molecule has 0 radical (unpaired) electrons. The van der Waals surface area contributed by atoms with Crippen molar-refractivity contribution in [3.05, 3.63) is 52.1 Å². The molecule has 0 amide bonds. The molecule has 1 aromatic carbocycles. The molecule has 3 rings (SSSR count). The second kappa shape index (κ2) is 5.21. The summed E-state index contributed by atoms with van der Waals surface area (Å²) in [5.41, 5.74) is 3.25. The third-order valence-corrected chi connectivity index (χ3v) is 4.61. The normalized spacial score (nSPS) is 12.6. The number of nitrogens with zero attached hydrogens (tertiary/aromatic N) is 2. The molecule has 0 fully saturated rings. The first-order chi connectivity index (χ1) is 9.65. The van der Waals surface area contributed by atoms with E-state index in [1.807, 2.05) is 24.4 Å². The Balaban J connectivity index is 1.95. The SMILES string of the molecule is Cc1nc(C)c(C(C)Nc2cccc3ncccc23)s1. The quantitative estimate of drug-likeness (QED) is 0.770. The number of pyridine rings is 1. The molecule has 4 heteroatoms. The van der Waals surface area contributed by atoms with Crippen molar-refractivity contribution < 1.29 is 0 Å². The highest BCUT2D eigenvalue weighted by molar-refractivity contribution is 7.11. The summed E-state index contributed by atoms with van der Waals surface area (Å²) in [6.45, 7) is 6.30. The molecule has 0 saturated carbocycles. The van der Waals surface area contributed by atoms with E-state index in [2.05, 4.69) is 48.2 Å². The molecule has 3 aromatic rings. The van der Waals surface area contributed by atoms with Crippen LogP contribution in [0.15, 0.2) is 36.5 Å². The number of benzene rings is 1. The largest absolute Gasteiger partial charge is 0.377 e. The van der Waals surface area contributed by atoms with Gasteiger partial charge in [0.2, 0.25) is 0 Å². The van der Waals surface area contributed by atoms with Gasteiger partial charge in [-0.15, -0.1) is 11.3 Å². The molecule has 3 nitrogen and oxygen atoms in total. The lowest BCUT2D eigenvalue weighted by atomic mass is 10.1. The fourth-order valence-corrected chi connectivity index (χ4v) is 3.41. The van der Waals surface area contributed by atoms with E-state index < -0.39 is 0 Å². The minimum atomic E-state index is 0.243. The molecule has 102 valence electrons. The molecule has 0 aliphatic carbocycles. The van der Waals surface area contributed by atoms with Gasteiger partial charge in [0.1, 0.15) is 0 Å². The second-order valence-corrected chi connectivity index (χ2v) is 6.16. The lowest BCUT2D eigenvalue weighted by molar-refractivity contribution is 0.892. The predicted octanol–water partition coefficient (Wildman–Crippen LogP) is 4.48. The number of hydrogen-bond donors (Lipinski definition) is 1. The third-order valence-electron chi connectivity index (χ3n) is 3.35. The molecule has 0 aliphatic heterocycles. The molecule has 2 heterocycles. The highest BCUT2D eigenvalue weighted by Gasteiger charge is 2.13. The van der Waals surface area contributed by atoms with Crippen LogP contribution in [0.2, 0.25) is 0 Å². The molecular weight excluding hydrogens is 266 g/mol. The summed E-state index contributed by atoms with van der Waals surface area (Å²) in [6, 6.07) is 10.5. The van der Waals surface area contributed by atoms with E-state index in [0.29, 0.717) is 0 Å². The number of fused-ring (bicyclic) bond motifs is 1. The Morgan fingerprint density at radius 1 is 1.15 bits per heavy atom. The monoisotopic (exact) mass is 283 g/mol. The van der Waals surface area contributed by atoms with Crippen molar-refractivity contribution in [1.29, 1.82) is 0 Å². The molecule has 0 bridgehead atoms. The zero-order valence-corrected chi connectivity index (χ0v) is 12.7. The maximum absolute atomic E-state index is 4.50. The summed E-state index contributed by atoms with van der Waals surface area (Å²) in [7, 11) is 0. The molecule has 1 unspecified atom stereocenters. The van der Waals surface area contributed by atoms with Crippen molar-refractivity contribution in [3.8, 4) is 0 Å². The predicted molar refractivity (Wildman–Crippen MR) is 85.4 cm³/mol. The number of anilines is 1. The zero-order chi connectivity index (χ0) is 14.1. The maximum Gasteiger partial charge on any atom is 0.0900 e. The summed E-state index contributed by atoms with van der Waals surface area (Å²) in [5, 5.41) is 5.86. The smallest absolute Gasteiger partial charge is 0.0900 e. The molecule has 2 aromatic heterocycles. The highest BCUT2D eigenvalue weighted by atomic mass is 32.1. The van der Waals surface area contributed by atoms with E-state index in [0.717, 1.165) is 27.3 Å². The van der Waals surface area contributed by atoms with Crippen molar-refractivity contribution in [1.82, 2.24) is 9.97 Å². The summed E-state index contributed by atoms with van der Waals surface area (Å²) >= 11 is 1.76. The summed E-state index contributed by atoms with van der Waals surface area (Å²) < 4.78 is 0. The highest BCUT2D eigenvalue weighted by Crippen LogP contribution is 2.30. The summed E-state index contributed by atoms with van der Waals surface area (Å²) in [4.78, 5) is 10.2. The minimum Gasteiger partial charge on any atom is -0.377 e. The van der Waals surface area contributed by atoms with Crippen molar-refractivity contribution in [3.63, 3.8) is 0 Å². The van der Waals surface area contributed by atoms with Crippen molar-refractivity contribution in [2.45, 2.75) is 26.8 Å². The first kappa shape index (κ1) is 13.1. The number of nitrogens with one attached hydrogen (secondary N) is 1. The van der Waals surface area contributed by atoms with Crippen LogP contribution in [0, 0.1) is 13.8 Å². The topological polar surface area (TPSA) is 37.8 Å². The molecule has 1 atom stereocenters. The van der Waals surface area contributed by atoms with Gasteiger partial charge in [0.05, 0.1) is 22.3 Å². The van der Waals surface area contributed by atoms with Gasteiger partial charge >= 0.3 is 0 Å². The van der Waals surface area contributed by atoms with Crippen LogP contribution in [0.25, 0.3) is 10.9 Å². The van der Waals surface area contributed by atoms with Crippen LogP contribution < -0.4 is 5.32 Å². The lowest BCUT2D eigenvalue weighted by Gasteiger charge is -2.16. The van der Waals surface area contributed by atoms with Crippen LogP contribution >= 0.6 is 11.3 Å². The molecule has 0 aliphatic rings. The van der Waals surface area contributed by atoms with Gasteiger partial charge in [-0.2, -0.15) is 0 Å².